The van der Waals surface area contributed by atoms with Crippen molar-refractivity contribution in [3.63, 3.8) is 0 Å². The normalized spacial score (nSPS) is 12.6. The molecule has 3 aromatic carbocycles. The van der Waals surface area contributed by atoms with Gasteiger partial charge in [0.25, 0.3) is 0 Å². The average Bonchev–Trinajstić information content (AvgIpc) is 2.87. The lowest BCUT2D eigenvalue weighted by Gasteiger charge is -2.25. The Hall–Kier alpha value is -3.22. The van der Waals surface area contributed by atoms with Crippen molar-refractivity contribution in [2.24, 2.45) is 0 Å². The Morgan fingerprint density at radius 1 is 1.08 bits per heavy atom. The summed E-state index contributed by atoms with van der Waals surface area (Å²) in [7, 11) is 1.42. The summed E-state index contributed by atoms with van der Waals surface area (Å²) >= 11 is 3.68. The molecule has 36 heavy (non-hydrogen) atoms. The Bertz CT molecular complexity index is 1240. The Kier molecular flexibility index (Phi) is 10.0. The van der Waals surface area contributed by atoms with Crippen molar-refractivity contribution in [3.8, 4) is 5.75 Å². The number of nitrogens with two attached hydrogens (primary N) is 1. The van der Waals surface area contributed by atoms with Gasteiger partial charge in [-0.15, -0.1) is 11.8 Å². The van der Waals surface area contributed by atoms with Gasteiger partial charge < -0.3 is 25.6 Å². The van der Waals surface area contributed by atoms with Gasteiger partial charge in [-0.2, -0.15) is 0 Å². The standard InChI is InChI=1S/C26H26IN3O5S/c1-34-23(13-14-24(32)30-21-6-4-3-5-20(21)28)25(19-15-16(27)7-12-22(19)31)35-26(33)29-17-8-10-18(36-2)11-9-17/h3-15,23,25,31H,28H2,1-2H3,(H,29,33)(H,30,32)/b14-13+/t23-,25-/m1/s1. The third-order valence-electron chi connectivity index (χ3n) is 5.09. The lowest BCUT2D eigenvalue weighted by molar-refractivity contribution is -0.112. The van der Waals surface area contributed by atoms with Crippen molar-refractivity contribution in [2.45, 2.75) is 17.1 Å². The predicted octanol–water partition coefficient (Wildman–Crippen LogP) is 5.80. The molecule has 0 unspecified atom stereocenters. The number of carbonyl (C=O) groups is 2. The number of anilines is 3. The van der Waals surface area contributed by atoms with E-state index in [9.17, 15) is 14.7 Å². The van der Waals surface area contributed by atoms with Gasteiger partial charge in [-0.3, -0.25) is 10.1 Å². The number of para-hydroxylation sites is 2. The molecule has 188 valence electrons. The van der Waals surface area contributed by atoms with Crippen LogP contribution in [0.25, 0.3) is 0 Å². The number of thioether (sulfide) groups is 1. The van der Waals surface area contributed by atoms with E-state index in [0.717, 1.165) is 8.47 Å². The van der Waals surface area contributed by atoms with Crippen molar-refractivity contribution < 1.29 is 24.2 Å². The van der Waals surface area contributed by atoms with Crippen LogP contribution in [0.3, 0.4) is 0 Å². The molecule has 5 N–H and O–H groups in total. The van der Waals surface area contributed by atoms with E-state index in [2.05, 4.69) is 33.2 Å². The number of hydrogen-bond acceptors (Lipinski definition) is 7. The van der Waals surface area contributed by atoms with Crippen LogP contribution >= 0.6 is 34.4 Å². The number of benzene rings is 3. The number of methoxy groups -OCH3 is 1. The molecule has 8 nitrogen and oxygen atoms in total. The number of phenols is 1. The van der Waals surface area contributed by atoms with Gasteiger partial charge in [0.05, 0.1) is 11.4 Å². The number of rotatable bonds is 9. The molecule has 0 bridgehead atoms. The molecule has 0 spiro atoms. The Morgan fingerprint density at radius 3 is 2.47 bits per heavy atom. The monoisotopic (exact) mass is 619 g/mol. The molecule has 0 aromatic heterocycles. The van der Waals surface area contributed by atoms with Crippen molar-refractivity contribution in [2.75, 3.05) is 29.7 Å². The van der Waals surface area contributed by atoms with Crippen LogP contribution in [0.5, 0.6) is 5.75 Å². The third kappa shape index (κ3) is 7.64. The smallest absolute Gasteiger partial charge is 0.412 e. The number of halogens is 1. The molecular formula is C26H26IN3O5S. The van der Waals surface area contributed by atoms with Crippen LogP contribution in [0.15, 0.2) is 83.8 Å². The van der Waals surface area contributed by atoms with E-state index >= 15 is 0 Å². The number of nitrogens with one attached hydrogen (secondary N) is 2. The second-order valence-electron chi connectivity index (χ2n) is 7.52. The van der Waals surface area contributed by atoms with Crippen LogP contribution in [0.2, 0.25) is 0 Å². The summed E-state index contributed by atoms with van der Waals surface area (Å²) in [5, 5.41) is 15.9. The summed E-state index contributed by atoms with van der Waals surface area (Å²) in [5.41, 5.74) is 7.66. The van der Waals surface area contributed by atoms with E-state index in [1.807, 2.05) is 18.4 Å². The first kappa shape index (κ1) is 27.4. The van der Waals surface area contributed by atoms with Crippen LogP contribution in [-0.4, -0.2) is 36.6 Å². The van der Waals surface area contributed by atoms with Crippen LogP contribution in [0, 0.1) is 3.57 Å². The maximum atomic E-state index is 12.8. The van der Waals surface area contributed by atoms with Gasteiger partial charge in [0.15, 0.2) is 6.10 Å². The summed E-state index contributed by atoms with van der Waals surface area (Å²) in [5.74, 6) is -0.520. The van der Waals surface area contributed by atoms with E-state index in [1.54, 1.807) is 60.3 Å². The highest BCUT2D eigenvalue weighted by Gasteiger charge is 2.28. The van der Waals surface area contributed by atoms with Crippen LogP contribution < -0.4 is 16.4 Å². The number of aromatic hydroxyl groups is 1. The summed E-state index contributed by atoms with van der Waals surface area (Å²) in [6, 6.07) is 19.1. The zero-order chi connectivity index (χ0) is 26.1. The predicted molar refractivity (Wildman–Crippen MR) is 151 cm³/mol. The fraction of sp³-hybridized carbons (Fsp3) is 0.154. The molecule has 3 aromatic rings. The SMILES string of the molecule is CO[C@H](/C=C/C(=O)Nc1ccccc1N)[C@H](OC(=O)Nc1ccc(SC)cc1)c1cc(I)ccc1O. The van der Waals surface area contributed by atoms with Crippen LogP contribution in [-0.2, 0) is 14.3 Å². The maximum absolute atomic E-state index is 12.8. The molecule has 0 fully saturated rings. The molecule has 0 saturated carbocycles. The molecule has 10 heteroatoms. The maximum Gasteiger partial charge on any atom is 0.412 e. The van der Waals surface area contributed by atoms with E-state index in [1.165, 1.54) is 25.3 Å². The van der Waals surface area contributed by atoms with Crippen LogP contribution in [0.1, 0.15) is 11.7 Å². The summed E-state index contributed by atoms with van der Waals surface area (Å²) < 4.78 is 12.1. The van der Waals surface area contributed by atoms with E-state index in [0.29, 0.717) is 22.6 Å². The second-order valence-corrected chi connectivity index (χ2v) is 9.64. The van der Waals surface area contributed by atoms with E-state index < -0.39 is 24.2 Å². The second kappa shape index (κ2) is 13.2. The molecule has 0 aliphatic heterocycles. The van der Waals surface area contributed by atoms with Crippen molar-refractivity contribution >= 4 is 63.4 Å². The minimum Gasteiger partial charge on any atom is -0.508 e. The van der Waals surface area contributed by atoms with Gasteiger partial charge in [-0.1, -0.05) is 12.1 Å². The first-order valence-corrected chi connectivity index (χ1v) is 13.1. The molecule has 0 heterocycles. The van der Waals surface area contributed by atoms with E-state index in [-0.39, 0.29) is 5.75 Å². The summed E-state index contributed by atoms with van der Waals surface area (Å²) in [6.45, 7) is 0. The number of carbonyl (C=O) groups excluding carboxylic acids is 2. The minimum absolute atomic E-state index is 0.0745. The zero-order valence-electron chi connectivity index (χ0n) is 19.6. The van der Waals surface area contributed by atoms with Gasteiger partial charge in [-0.25, -0.2) is 4.79 Å². The first-order chi connectivity index (χ1) is 17.3. The van der Waals surface area contributed by atoms with Crippen molar-refractivity contribution in [1.82, 2.24) is 0 Å². The lowest BCUT2D eigenvalue weighted by Crippen LogP contribution is -2.27. The molecule has 2 atom stereocenters. The van der Waals surface area contributed by atoms with Gasteiger partial charge in [0, 0.05) is 32.9 Å². The average molecular weight is 619 g/mol. The van der Waals surface area contributed by atoms with Gasteiger partial charge in [0.2, 0.25) is 5.91 Å². The quantitative estimate of drug-likeness (QED) is 0.103. The van der Waals surface area contributed by atoms with Crippen LogP contribution in [0.4, 0.5) is 21.9 Å². The first-order valence-electron chi connectivity index (χ1n) is 10.8. The Labute approximate surface area is 227 Å². The zero-order valence-corrected chi connectivity index (χ0v) is 22.6. The molecule has 0 radical (unpaired) electrons. The highest BCUT2D eigenvalue weighted by Crippen LogP contribution is 2.33. The summed E-state index contributed by atoms with van der Waals surface area (Å²) in [6.07, 6.45) is 1.99. The summed E-state index contributed by atoms with van der Waals surface area (Å²) in [4.78, 5) is 26.3. The van der Waals surface area contributed by atoms with E-state index in [4.69, 9.17) is 15.2 Å². The number of hydrogen-bond donors (Lipinski definition) is 4. The van der Waals surface area contributed by atoms with Gasteiger partial charge in [-0.05, 0) is 89.5 Å². The Balaban J connectivity index is 1.82. The fourth-order valence-electron chi connectivity index (χ4n) is 3.27. The molecule has 2 amide bonds. The number of ether oxygens (including phenoxy) is 2. The number of amides is 2. The fourth-order valence-corrected chi connectivity index (χ4v) is 4.19. The molecule has 0 saturated heterocycles. The molecule has 3 rings (SSSR count). The van der Waals surface area contributed by atoms with Crippen molar-refractivity contribution in [3.05, 3.63) is 88.0 Å². The van der Waals surface area contributed by atoms with Crippen molar-refractivity contribution in [1.29, 1.82) is 0 Å². The number of phenolic OH excluding ortho intramolecular Hbond substituents is 1. The largest absolute Gasteiger partial charge is 0.508 e. The molecule has 0 aliphatic rings. The van der Waals surface area contributed by atoms with Gasteiger partial charge >= 0.3 is 6.09 Å². The highest BCUT2D eigenvalue weighted by atomic mass is 127. The lowest BCUT2D eigenvalue weighted by atomic mass is 10.0. The molecule has 0 aliphatic carbocycles. The minimum atomic E-state index is -1.05. The third-order valence-corrected chi connectivity index (χ3v) is 6.51. The Morgan fingerprint density at radius 2 is 1.81 bits per heavy atom. The van der Waals surface area contributed by atoms with Gasteiger partial charge in [0.1, 0.15) is 11.9 Å². The number of nitrogen functional groups attached to an aromatic ring is 1. The topological polar surface area (TPSA) is 123 Å². The highest BCUT2D eigenvalue weighted by molar-refractivity contribution is 14.1. The molecular weight excluding hydrogens is 593 g/mol.